The smallest absolute Gasteiger partial charge is 0.143 e. The highest BCUT2D eigenvalue weighted by atomic mass is 35.5. The number of hydrogen-bond acceptors (Lipinski definition) is 1. The van der Waals surface area contributed by atoms with Crippen molar-refractivity contribution in [1.82, 2.24) is 0 Å². The molecule has 2 rings (SSSR count). The molecule has 0 heterocycles. The van der Waals surface area contributed by atoms with E-state index in [0.717, 1.165) is 37.7 Å². The first-order valence-electron chi connectivity index (χ1n) is 7.41. The van der Waals surface area contributed by atoms with Gasteiger partial charge in [-0.2, -0.15) is 0 Å². The van der Waals surface area contributed by atoms with Crippen molar-refractivity contribution < 1.29 is 4.79 Å². The Balaban J connectivity index is 2.21. The van der Waals surface area contributed by atoms with Crippen LogP contribution in [0.25, 0.3) is 0 Å². The van der Waals surface area contributed by atoms with E-state index in [0.29, 0.717) is 28.2 Å². The van der Waals surface area contributed by atoms with Crippen LogP contribution < -0.4 is 0 Å². The molecule has 1 aliphatic rings. The fourth-order valence-electron chi connectivity index (χ4n) is 3.48. The third-order valence-corrected chi connectivity index (χ3v) is 5.06. The zero-order chi connectivity index (χ0) is 14.8. The molecule has 0 N–H and O–H groups in total. The van der Waals surface area contributed by atoms with Gasteiger partial charge in [-0.1, -0.05) is 56.0 Å². The minimum absolute atomic E-state index is 0.142. The van der Waals surface area contributed by atoms with E-state index in [1.54, 1.807) is 12.1 Å². The van der Waals surface area contributed by atoms with Gasteiger partial charge < -0.3 is 0 Å². The van der Waals surface area contributed by atoms with Gasteiger partial charge in [0.1, 0.15) is 5.78 Å². The Labute approximate surface area is 131 Å². The molecule has 1 nitrogen and oxygen atoms in total. The quantitative estimate of drug-likeness (QED) is 0.680. The van der Waals surface area contributed by atoms with Gasteiger partial charge in [0.25, 0.3) is 0 Å². The van der Waals surface area contributed by atoms with Crippen LogP contribution in [0.15, 0.2) is 18.2 Å². The lowest BCUT2D eigenvalue weighted by atomic mass is 9.73. The van der Waals surface area contributed by atoms with Crippen LogP contribution in [0.2, 0.25) is 10.0 Å². The van der Waals surface area contributed by atoms with Gasteiger partial charge in [0, 0.05) is 21.9 Å². The minimum atomic E-state index is -0.142. The maximum absolute atomic E-state index is 12.9. The van der Waals surface area contributed by atoms with Gasteiger partial charge in [0.05, 0.1) is 0 Å². The summed E-state index contributed by atoms with van der Waals surface area (Å²) in [5.41, 5.74) is 0.646. The lowest BCUT2D eigenvalue weighted by Gasteiger charge is -2.29. The van der Waals surface area contributed by atoms with Gasteiger partial charge in [-0.25, -0.2) is 0 Å². The molecular formula is C17H22Cl2O. The van der Waals surface area contributed by atoms with Gasteiger partial charge in [-0.15, -0.1) is 0 Å². The summed E-state index contributed by atoms with van der Waals surface area (Å²) in [4.78, 5) is 12.9. The maximum Gasteiger partial charge on any atom is 0.143 e. The topological polar surface area (TPSA) is 17.1 Å². The molecule has 1 fully saturated rings. The first kappa shape index (κ1) is 15.9. The second kappa shape index (κ2) is 6.49. The number of carbonyl (C=O) groups is 1. The first-order chi connectivity index (χ1) is 9.44. The first-order valence-corrected chi connectivity index (χ1v) is 8.16. The Morgan fingerprint density at radius 3 is 2.25 bits per heavy atom. The van der Waals surface area contributed by atoms with Crippen LogP contribution >= 0.6 is 23.2 Å². The largest absolute Gasteiger partial charge is 0.299 e. The van der Waals surface area contributed by atoms with Gasteiger partial charge in [-0.05, 0) is 42.9 Å². The third-order valence-electron chi connectivity index (χ3n) is 4.35. The third kappa shape index (κ3) is 3.38. The highest BCUT2D eigenvalue weighted by Crippen LogP contribution is 2.45. The fourth-order valence-corrected chi connectivity index (χ4v) is 4.01. The van der Waals surface area contributed by atoms with Crippen molar-refractivity contribution in [2.75, 3.05) is 0 Å². The molecule has 0 amide bonds. The molecule has 0 saturated heterocycles. The van der Waals surface area contributed by atoms with E-state index in [1.165, 1.54) is 0 Å². The molecule has 0 bridgehead atoms. The molecule has 20 heavy (non-hydrogen) atoms. The molecule has 0 spiro atoms. The van der Waals surface area contributed by atoms with E-state index < -0.39 is 0 Å². The summed E-state index contributed by atoms with van der Waals surface area (Å²) in [6.07, 6.45) is 5.71. The Morgan fingerprint density at radius 2 is 1.75 bits per heavy atom. The van der Waals surface area contributed by atoms with Crippen LogP contribution in [-0.2, 0) is 11.2 Å². The highest BCUT2D eigenvalue weighted by Gasteiger charge is 2.40. The number of benzene rings is 1. The van der Waals surface area contributed by atoms with E-state index in [2.05, 4.69) is 13.8 Å². The van der Waals surface area contributed by atoms with Crippen molar-refractivity contribution >= 4 is 29.0 Å². The van der Waals surface area contributed by atoms with E-state index in [1.807, 2.05) is 6.07 Å². The predicted octanol–water partition coefficient (Wildman–Crippen LogP) is 5.71. The number of rotatable bonds is 5. The SMILES string of the molecule is CC(C)CC1(C(=O)Cc2c(Cl)cccc2Cl)CCCC1. The molecule has 0 aliphatic heterocycles. The summed E-state index contributed by atoms with van der Waals surface area (Å²) in [5.74, 6) is 0.859. The van der Waals surface area contributed by atoms with Gasteiger partial charge in [-0.3, -0.25) is 4.79 Å². The van der Waals surface area contributed by atoms with Crippen LogP contribution in [0.5, 0.6) is 0 Å². The average Bonchev–Trinajstić information content (AvgIpc) is 2.82. The van der Waals surface area contributed by atoms with E-state index in [4.69, 9.17) is 23.2 Å². The molecule has 1 aliphatic carbocycles. The second-order valence-electron chi connectivity index (χ2n) is 6.39. The monoisotopic (exact) mass is 312 g/mol. The molecule has 0 aromatic heterocycles. The Morgan fingerprint density at radius 1 is 1.20 bits per heavy atom. The zero-order valence-corrected chi connectivity index (χ0v) is 13.7. The molecule has 0 atom stereocenters. The number of hydrogen-bond donors (Lipinski definition) is 0. The van der Waals surface area contributed by atoms with Crippen molar-refractivity contribution in [3.63, 3.8) is 0 Å². The highest BCUT2D eigenvalue weighted by molar-refractivity contribution is 6.36. The van der Waals surface area contributed by atoms with Crippen LogP contribution in [-0.4, -0.2) is 5.78 Å². The number of carbonyl (C=O) groups excluding carboxylic acids is 1. The second-order valence-corrected chi connectivity index (χ2v) is 7.20. The normalized spacial score (nSPS) is 17.6. The summed E-state index contributed by atoms with van der Waals surface area (Å²) in [6, 6.07) is 5.43. The van der Waals surface area contributed by atoms with E-state index >= 15 is 0 Å². The standard InChI is InChI=1S/C17H22Cl2O/c1-12(2)11-17(8-3-4-9-17)16(20)10-13-14(18)6-5-7-15(13)19/h5-7,12H,3-4,8-11H2,1-2H3. The number of halogens is 2. The van der Waals surface area contributed by atoms with Crippen LogP contribution in [0.3, 0.4) is 0 Å². The van der Waals surface area contributed by atoms with Crippen molar-refractivity contribution in [2.45, 2.75) is 52.4 Å². The number of ketones is 1. The summed E-state index contributed by atoms with van der Waals surface area (Å²) >= 11 is 12.4. The maximum atomic E-state index is 12.9. The molecule has 1 aromatic rings. The van der Waals surface area contributed by atoms with Gasteiger partial charge in [0.2, 0.25) is 0 Å². The van der Waals surface area contributed by atoms with Crippen LogP contribution in [0.4, 0.5) is 0 Å². The van der Waals surface area contributed by atoms with Crippen LogP contribution in [0.1, 0.15) is 51.5 Å². The van der Waals surface area contributed by atoms with Crippen molar-refractivity contribution in [2.24, 2.45) is 11.3 Å². The molecular weight excluding hydrogens is 291 g/mol. The Kier molecular flexibility index (Phi) is 5.14. The summed E-state index contributed by atoms with van der Waals surface area (Å²) in [6.45, 7) is 4.38. The fraction of sp³-hybridized carbons (Fsp3) is 0.588. The molecule has 0 radical (unpaired) electrons. The molecule has 1 aromatic carbocycles. The summed E-state index contributed by atoms with van der Waals surface area (Å²) in [5, 5.41) is 1.20. The summed E-state index contributed by atoms with van der Waals surface area (Å²) < 4.78 is 0. The lowest BCUT2D eigenvalue weighted by molar-refractivity contribution is -0.128. The average molecular weight is 313 g/mol. The zero-order valence-electron chi connectivity index (χ0n) is 12.2. The van der Waals surface area contributed by atoms with E-state index in [-0.39, 0.29) is 5.41 Å². The van der Waals surface area contributed by atoms with Gasteiger partial charge in [0.15, 0.2) is 0 Å². The number of Topliss-reactive ketones (excluding diaryl/α,β-unsaturated/α-hetero) is 1. The van der Waals surface area contributed by atoms with E-state index in [9.17, 15) is 4.79 Å². The van der Waals surface area contributed by atoms with Crippen LogP contribution in [0, 0.1) is 11.3 Å². The predicted molar refractivity (Wildman–Crippen MR) is 85.5 cm³/mol. The lowest BCUT2D eigenvalue weighted by Crippen LogP contribution is -2.31. The molecule has 3 heteroatoms. The minimum Gasteiger partial charge on any atom is -0.299 e. The molecule has 0 unspecified atom stereocenters. The summed E-state index contributed by atoms with van der Waals surface area (Å²) in [7, 11) is 0. The Bertz CT molecular complexity index is 468. The molecule has 110 valence electrons. The van der Waals surface area contributed by atoms with Crippen molar-refractivity contribution in [3.05, 3.63) is 33.8 Å². The van der Waals surface area contributed by atoms with Crippen molar-refractivity contribution in [1.29, 1.82) is 0 Å². The Hall–Kier alpha value is -0.530. The van der Waals surface area contributed by atoms with Gasteiger partial charge >= 0.3 is 0 Å². The van der Waals surface area contributed by atoms with Crippen molar-refractivity contribution in [3.8, 4) is 0 Å². The molecule has 1 saturated carbocycles.